The average Bonchev–Trinajstić information content (AvgIpc) is 3.00. The summed E-state index contributed by atoms with van der Waals surface area (Å²) in [5.74, 6) is 0.469. The second-order valence-electron chi connectivity index (χ2n) is 11.7. The Labute approximate surface area is 237 Å². The van der Waals surface area contributed by atoms with Gasteiger partial charge in [-0.3, -0.25) is 14.5 Å². The summed E-state index contributed by atoms with van der Waals surface area (Å²) in [7, 11) is 0. The van der Waals surface area contributed by atoms with E-state index in [1.165, 1.54) is 0 Å². The molecule has 0 unspecified atom stereocenters. The number of carbonyl (C=O) groups excluding carboxylic acids is 2. The number of ether oxygens (including phenoxy) is 1. The van der Waals surface area contributed by atoms with E-state index in [0.29, 0.717) is 38.3 Å². The predicted octanol–water partition coefficient (Wildman–Crippen LogP) is 4.69. The van der Waals surface area contributed by atoms with Crippen LogP contribution >= 0.6 is 0 Å². The van der Waals surface area contributed by atoms with E-state index in [-0.39, 0.29) is 11.8 Å². The fraction of sp³-hybridized carbons (Fsp3) is 0.485. The van der Waals surface area contributed by atoms with Gasteiger partial charge in [-0.25, -0.2) is 4.98 Å². The standard InChI is InChI=1S/C33H40N4O3/c1-23-19-24(2)31-28(21-29(34-30(31)20-23)25-7-4-3-5-8-25)33(39)35-13-10-27(11-14-35)37-12-6-9-26(22-37)32(38)36-15-17-40-18-16-36/h3-5,7-8,19-21,26-27H,6,9-18,22H2,1-2H3/t26-/m1/s1. The molecule has 210 valence electrons. The van der Waals surface area contributed by atoms with Crippen LogP contribution < -0.4 is 0 Å². The van der Waals surface area contributed by atoms with Crippen LogP contribution in [0.15, 0.2) is 48.5 Å². The Morgan fingerprint density at radius 2 is 1.62 bits per heavy atom. The normalized spacial score (nSPS) is 21.1. The van der Waals surface area contributed by atoms with E-state index in [2.05, 4.69) is 30.9 Å². The first-order valence-electron chi connectivity index (χ1n) is 14.8. The molecule has 3 aliphatic heterocycles. The number of carbonyl (C=O) groups is 2. The number of nitrogens with zero attached hydrogens (tertiary/aromatic N) is 4. The molecule has 0 N–H and O–H groups in total. The highest BCUT2D eigenvalue weighted by Crippen LogP contribution is 2.31. The van der Waals surface area contributed by atoms with Crippen molar-refractivity contribution >= 4 is 22.7 Å². The molecule has 7 nitrogen and oxygen atoms in total. The van der Waals surface area contributed by atoms with Gasteiger partial charge in [0.05, 0.1) is 35.9 Å². The van der Waals surface area contributed by atoms with E-state index in [1.807, 2.05) is 46.2 Å². The third-order valence-corrected chi connectivity index (χ3v) is 8.94. The van der Waals surface area contributed by atoms with Gasteiger partial charge in [-0.2, -0.15) is 0 Å². The summed E-state index contributed by atoms with van der Waals surface area (Å²) < 4.78 is 5.44. The van der Waals surface area contributed by atoms with Crippen molar-refractivity contribution in [2.24, 2.45) is 5.92 Å². The average molecular weight is 541 g/mol. The van der Waals surface area contributed by atoms with E-state index < -0.39 is 0 Å². The highest BCUT2D eigenvalue weighted by atomic mass is 16.5. The Bertz CT molecular complexity index is 1380. The molecule has 3 aliphatic rings. The molecule has 2 aromatic carbocycles. The minimum Gasteiger partial charge on any atom is -0.378 e. The number of piperidine rings is 2. The van der Waals surface area contributed by atoms with Gasteiger partial charge in [0.1, 0.15) is 0 Å². The number of amides is 2. The quantitative estimate of drug-likeness (QED) is 0.480. The maximum atomic E-state index is 14.1. The minimum atomic E-state index is 0.0811. The van der Waals surface area contributed by atoms with Crippen LogP contribution in [-0.2, 0) is 9.53 Å². The number of fused-ring (bicyclic) bond motifs is 1. The van der Waals surface area contributed by atoms with Crippen LogP contribution in [0.3, 0.4) is 0 Å². The molecule has 1 aromatic heterocycles. The van der Waals surface area contributed by atoms with Gasteiger partial charge in [-0.15, -0.1) is 0 Å². The number of morpholine rings is 1. The van der Waals surface area contributed by atoms with Crippen LogP contribution in [-0.4, -0.2) is 90.0 Å². The summed E-state index contributed by atoms with van der Waals surface area (Å²) >= 11 is 0. The molecule has 3 fully saturated rings. The largest absolute Gasteiger partial charge is 0.378 e. The molecule has 0 spiro atoms. The lowest BCUT2D eigenvalue weighted by molar-refractivity contribution is -0.141. The molecule has 0 saturated carbocycles. The van der Waals surface area contributed by atoms with Crippen molar-refractivity contribution in [1.82, 2.24) is 19.7 Å². The van der Waals surface area contributed by atoms with E-state index in [0.717, 1.165) is 90.7 Å². The molecular formula is C33H40N4O3. The molecular weight excluding hydrogens is 500 g/mol. The molecule has 1 atom stereocenters. The zero-order valence-corrected chi connectivity index (χ0v) is 23.8. The lowest BCUT2D eigenvalue weighted by Gasteiger charge is -2.43. The van der Waals surface area contributed by atoms with E-state index in [1.54, 1.807) is 0 Å². The van der Waals surface area contributed by atoms with Crippen molar-refractivity contribution < 1.29 is 14.3 Å². The van der Waals surface area contributed by atoms with Crippen LogP contribution in [0.5, 0.6) is 0 Å². The molecule has 3 saturated heterocycles. The lowest BCUT2D eigenvalue weighted by atomic mass is 9.92. The Morgan fingerprint density at radius 1 is 0.875 bits per heavy atom. The summed E-state index contributed by atoms with van der Waals surface area (Å²) in [6.45, 7) is 10.2. The van der Waals surface area contributed by atoms with E-state index >= 15 is 0 Å². The topological polar surface area (TPSA) is 66.0 Å². The summed E-state index contributed by atoms with van der Waals surface area (Å²) in [6.07, 6.45) is 3.92. The molecule has 0 bridgehead atoms. The Morgan fingerprint density at radius 3 is 2.38 bits per heavy atom. The number of aromatic nitrogens is 1. The van der Waals surface area contributed by atoms with Crippen LogP contribution in [0.1, 0.15) is 47.2 Å². The van der Waals surface area contributed by atoms with Gasteiger partial charge >= 0.3 is 0 Å². The van der Waals surface area contributed by atoms with Gasteiger partial charge in [0.25, 0.3) is 5.91 Å². The molecule has 0 radical (unpaired) electrons. The highest BCUT2D eigenvalue weighted by Gasteiger charge is 2.35. The lowest BCUT2D eigenvalue weighted by Crippen LogP contribution is -2.53. The monoisotopic (exact) mass is 540 g/mol. The van der Waals surface area contributed by atoms with Crippen molar-refractivity contribution in [1.29, 1.82) is 0 Å². The first kappa shape index (κ1) is 26.9. The molecule has 40 heavy (non-hydrogen) atoms. The summed E-state index contributed by atoms with van der Waals surface area (Å²) in [5, 5.41) is 0.956. The summed E-state index contributed by atoms with van der Waals surface area (Å²) in [4.78, 5) is 38.7. The number of hydrogen-bond donors (Lipinski definition) is 0. The molecule has 2 amide bonds. The number of hydrogen-bond acceptors (Lipinski definition) is 5. The van der Waals surface area contributed by atoms with Gasteiger partial charge in [0.15, 0.2) is 0 Å². The van der Waals surface area contributed by atoms with Crippen molar-refractivity contribution in [3.8, 4) is 11.3 Å². The first-order chi connectivity index (χ1) is 19.5. The molecule has 7 heteroatoms. The summed E-state index contributed by atoms with van der Waals surface area (Å²) in [5.41, 5.74) is 5.71. The van der Waals surface area contributed by atoms with Gasteiger partial charge in [-0.05, 0) is 69.3 Å². The van der Waals surface area contributed by atoms with Crippen LogP contribution in [0.25, 0.3) is 22.2 Å². The maximum absolute atomic E-state index is 14.1. The van der Waals surface area contributed by atoms with Gasteiger partial charge in [0.2, 0.25) is 5.91 Å². The molecule has 0 aliphatic carbocycles. The molecule has 3 aromatic rings. The fourth-order valence-corrected chi connectivity index (χ4v) is 6.87. The van der Waals surface area contributed by atoms with Crippen LogP contribution in [0.2, 0.25) is 0 Å². The Kier molecular flexibility index (Phi) is 7.85. The number of aryl methyl sites for hydroxylation is 2. The van der Waals surface area contributed by atoms with Crippen LogP contribution in [0, 0.1) is 19.8 Å². The second-order valence-corrected chi connectivity index (χ2v) is 11.7. The minimum absolute atomic E-state index is 0.0811. The molecule has 6 rings (SSSR count). The highest BCUT2D eigenvalue weighted by molar-refractivity contribution is 6.08. The Balaban J connectivity index is 1.17. The zero-order chi connectivity index (χ0) is 27.6. The third-order valence-electron chi connectivity index (χ3n) is 8.94. The number of rotatable bonds is 4. The first-order valence-corrected chi connectivity index (χ1v) is 14.8. The predicted molar refractivity (Wildman–Crippen MR) is 157 cm³/mol. The zero-order valence-electron chi connectivity index (χ0n) is 23.8. The molecule has 4 heterocycles. The SMILES string of the molecule is Cc1cc(C)c2c(C(=O)N3CCC(N4CCC[C@@H](C(=O)N5CCOCC5)C4)CC3)cc(-c3ccccc3)nc2c1. The van der Waals surface area contributed by atoms with Crippen molar-refractivity contribution in [2.75, 3.05) is 52.5 Å². The summed E-state index contributed by atoms with van der Waals surface area (Å²) in [6, 6.07) is 16.7. The number of pyridine rings is 1. The van der Waals surface area contributed by atoms with Crippen LogP contribution in [0.4, 0.5) is 0 Å². The van der Waals surface area contributed by atoms with Crippen molar-refractivity contribution in [3.63, 3.8) is 0 Å². The van der Waals surface area contributed by atoms with E-state index in [4.69, 9.17) is 9.72 Å². The second kappa shape index (κ2) is 11.7. The fourth-order valence-electron chi connectivity index (χ4n) is 6.87. The Hall–Kier alpha value is -3.29. The van der Waals surface area contributed by atoms with Crippen molar-refractivity contribution in [2.45, 2.75) is 45.6 Å². The van der Waals surface area contributed by atoms with Gasteiger partial charge in [0, 0.05) is 49.7 Å². The third kappa shape index (κ3) is 5.50. The van der Waals surface area contributed by atoms with Gasteiger partial charge < -0.3 is 14.5 Å². The smallest absolute Gasteiger partial charge is 0.254 e. The number of likely N-dealkylation sites (tertiary alicyclic amines) is 2. The maximum Gasteiger partial charge on any atom is 0.254 e. The number of benzene rings is 2. The van der Waals surface area contributed by atoms with E-state index in [9.17, 15) is 9.59 Å². The van der Waals surface area contributed by atoms with Crippen molar-refractivity contribution in [3.05, 3.63) is 65.2 Å². The van der Waals surface area contributed by atoms with Gasteiger partial charge in [-0.1, -0.05) is 36.4 Å².